The third-order valence-corrected chi connectivity index (χ3v) is 6.84. The fourth-order valence-electron chi connectivity index (χ4n) is 3.20. The van der Waals surface area contributed by atoms with E-state index in [0.717, 1.165) is 11.3 Å². The van der Waals surface area contributed by atoms with E-state index in [1.807, 2.05) is 31.2 Å². The Hall–Kier alpha value is -2.38. The largest absolute Gasteiger partial charge is 0.497 e. The zero-order chi connectivity index (χ0) is 19.4. The number of benzene rings is 2. The second-order valence-corrected chi connectivity index (χ2v) is 8.60. The minimum atomic E-state index is -3.56. The van der Waals surface area contributed by atoms with E-state index in [-0.39, 0.29) is 16.7 Å². The minimum absolute atomic E-state index is 0.0502. The maximum absolute atomic E-state index is 12.8. The molecule has 0 bridgehead atoms. The molecule has 2 aromatic carbocycles. The maximum Gasteiger partial charge on any atom is 0.243 e. The quantitative estimate of drug-likeness (QED) is 0.854. The second-order valence-electron chi connectivity index (χ2n) is 6.66. The predicted molar refractivity (Wildman–Crippen MR) is 104 cm³/mol. The molecule has 3 rings (SSSR count). The zero-order valence-corrected chi connectivity index (χ0v) is 16.3. The summed E-state index contributed by atoms with van der Waals surface area (Å²) in [5.74, 6) is 0.373. The van der Waals surface area contributed by atoms with Crippen molar-refractivity contribution in [2.75, 3.05) is 25.5 Å². The van der Waals surface area contributed by atoms with Crippen LogP contribution < -0.4 is 10.1 Å². The first-order chi connectivity index (χ1) is 12.9. The van der Waals surface area contributed by atoms with Crippen LogP contribution in [0.15, 0.2) is 53.4 Å². The lowest BCUT2D eigenvalue weighted by molar-refractivity contribution is -0.120. The normalized spacial score (nSPS) is 16.1. The number of carbonyl (C=O) groups is 1. The smallest absolute Gasteiger partial charge is 0.243 e. The Morgan fingerprint density at radius 2 is 1.70 bits per heavy atom. The molecule has 7 heteroatoms. The Balaban J connectivity index is 1.62. The molecular weight excluding hydrogens is 364 g/mol. The number of aryl methyl sites for hydroxylation is 1. The standard InChI is InChI=1S/C20H24N2O4S/c1-15-5-3-4-6-19(15)21-20(23)16-11-13-22(14-12-16)27(24,25)18-9-7-17(26-2)8-10-18/h3-10,16H,11-14H2,1-2H3,(H,21,23). The van der Waals surface area contributed by atoms with Crippen molar-refractivity contribution < 1.29 is 17.9 Å². The van der Waals surface area contributed by atoms with Gasteiger partial charge in [0.05, 0.1) is 12.0 Å². The van der Waals surface area contributed by atoms with Gasteiger partial charge in [-0.3, -0.25) is 4.79 Å². The van der Waals surface area contributed by atoms with Gasteiger partial charge in [0.15, 0.2) is 0 Å². The summed E-state index contributed by atoms with van der Waals surface area (Å²) in [6.07, 6.45) is 1.01. The van der Waals surface area contributed by atoms with E-state index in [2.05, 4.69) is 5.32 Å². The number of anilines is 1. The number of para-hydroxylation sites is 1. The Morgan fingerprint density at radius 1 is 1.07 bits per heavy atom. The van der Waals surface area contributed by atoms with Gasteiger partial charge in [0.2, 0.25) is 15.9 Å². The van der Waals surface area contributed by atoms with Crippen LogP contribution in [0.5, 0.6) is 5.75 Å². The molecule has 1 aliphatic heterocycles. The molecule has 1 amide bonds. The van der Waals surface area contributed by atoms with Crippen LogP contribution in [0.25, 0.3) is 0 Å². The van der Waals surface area contributed by atoms with Crippen molar-refractivity contribution in [2.24, 2.45) is 5.92 Å². The summed E-state index contributed by atoms with van der Waals surface area (Å²) >= 11 is 0. The molecule has 144 valence electrons. The monoisotopic (exact) mass is 388 g/mol. The lowest BCUT2D eigenvalue weighted by Crippen LogP contribution is -2.41. The van der Waals surface area contributed by atoms with Crippen molar-refractivity contribution in [1.82, 2.24) is 4.31 Å². The van der Waals surface area contributed by atoms with Gasteiger partial charge < -0.3 is 10.1 Å². The zero-order valence-electron chi connectivity index (χ0n) is 15.5. The highest BCUT2D eigenvalue weighted by Crippen LogP contribution is 2.26. The molecule has 0 aromatic heterocycles. The molecule has 0 spiro atoms. The highest BCUT2D eigenvalue weighted by Gasteiger charge is 2.32. The van der Waals surface area contributed by atoms with E-state index in [4.69, 9.17) is 4.74 Å². The number of nitrogens with one attached hydrogen (secondary N) is 1. The van der Waals surface area contributed by atoms with E-state index in [1.54, 1.807) is 24.3 Å². The maximum atomic E-state index is 12.8. The van der Waals surface area contributed by atoms with E-state index < -0.39 is 10.0 Å². The van der Waals surface area contributed by atoms with Crippen LogP contribution in [0.4, 0.5) is 5.69 Å². The first-order valence-corrected chi connectivity index (χ1v) is 10.4. The molecule has 1 aliphatic rings. The van der Waals surface area contributed by atoms with Crippen LogP contribution in [0.2, 0.25) is 0 Å². The van der Waals surface area contributed by atoms with Gasteiger partial charge in [-0.1, -0.05) is 18.2 Å². The SMILES string of the molecule is COc1ccc(S(=O)(=O)N2CCC(C(=O)Nc3ccccc3C)CC2)cc1. The predicted octanol–water partition coefficient (Wildman–Crippen LogP) is 3.04. The van der Waals surface area contributed by atoms with Crippen LogP contribution in [0.1, 0.15) is 18.4 Å². The topological polar surface area (TPSA) is 75.7 Å². The summed E-state index contributed by atoms with van der Waals surface area (Å²) in [6.45, 7) is 2.61. The molecule has 1 heterocycles. The number of methoxy groups -OCH3 is 1. The first kappa shape index (κ1) is 19.4. The molecular formula is C20H24N2O4S. The van der Waals surface area contributed by atoms with Crippen LogP contribution in [-0.4, -0.2) is 38.8 Å². The van der Waals surface area contributed by atoms with Crippen molar-refractivity contribution in [3.05, 3.63) is 54.1 Å². The molecule has 0 atom stereocenters. The number of rotatable bonds is 5. The number of hydrogen-bond acceptors (Lipinski definition) is 4. The van der Waals surface area contributed by atoms with E-state index >= 15 is 0 Å². The first-order valence-electron chi connectivity index (χ1n) is 8.92. The molecule has 1 fully saturated rings. The summed E-state index contributed by atoms with van der Waals surface area (Å²) in [4.78, 5) is 12.8. The van der Waals surface area contributed by atoms with Crippen molar-refractivity contribution in [2.45, 2.75) is 24.7 Å². The summed E-state index contributed by atoms with van der Waals surface area (Å²) in [6, 6.07) is 14.0. The highest BCUT2D eigenvalue weighted by atomic mass is 32.2. The third-order valence-electron chi connectivity index (χ3n) is 4.92. The average molecular weight is 388 g/mol. The fourth-order valence-corrected chi connectivity index (χ4v) is 4.67. The van der Waals surface area contributed by atoms with Crippen molar-refractivity contribution in [3.63, 3.8) is 0 Å². The number of carbonyl (C=O) groups excluding carboxylic acids is 1. The summed E-state index contributed by atoms with van der Waals surface area (Å²) in [7, 11) is -2.02. The van der Waals surface area contributed by atoms with Crippen LogP contribution >= 0.6 is 0 Å². The number of nitrogens with zero attached hydrogens (tertiary/aromatic N) is 1. The van der Waals surface area contributed by atoms with Gasteiger partial charge in [0, 0.05) is 24.7 Å². The van der Waals surface area contributed by atoms with Gasteiger partial charge in [0.25, 0.3) is 0 Å². The molecule has 0 radical (unpaired) electrons. The number of ether oxygens (including phenoxy) is 1. The molecule has 0 aliphatic carbocycles. The minimum Gasteiger partial charge on any atom is -0.497 e. The lowest BCUT2D eigenvalue weighted by Gasteiger charge is -2.30. The number of sulfonamides is 1. The number of piperidine rings is 1. The number of hydrogen-bond donors (Lipinski definition) is 1. The molecule has 0 saturated carbocycles. The van der Waals surface area contributed by atoms with Gasteiger partial charge in [-0.2, -0.15) is 4.31 Å². The van der Waals surface area contributed by atoms with Crippen LogP contribution in [0.3, 0.4) is 0 Å². The van der Waals surface area contributed by atoms with Gasteiger partial charge >= 0.3 is 0 Å². The van der Waals surface area contributed by atoms with E-state index in [1.165, 1.54) is 11.4 Å². The lowest BCUT2D eigenvalue weighted by atomic mass is 9.97. The Labute approximate surface area is 160 Å². The third kappa shape index (κ3) is 4.31. The van der Waals surface area contributed by atoms with Gasteiger partial charge in [-0.15, -0.1) is 0 Å². The Morgan fingerprint density at radius 3 is 2.30 bits per heavy atom. The Kier molecular flexibility index (Phi) is 5.82. The molecule has 27 heavy (non-hydrogen) atoms. The molecule has 6 nitrogen and oxygen atoms in total. The van der Waals surface area contributed by atoms with E-state index in [9.17, 15) is 13.2 Å². The van der Waals surface area contributed by atoms with Gasteiger partial charge in [0.1, 0.15) is 5.75 Å². The van der Waals surface area contributed by atoms with Crippen LogP contribution in [0, 0.1) is 12.8 Å². The Bertz CT molecular complexity index is 902. The van der Waals surface area contributed by atoms with Crippen LogP contribution in [-0.2, 0) is 14.8 Å². The number of amides is 1. The van der Waals surface area contributed by atoms with Crippen molar-refractivity contribution in [3.8, 4) is 5.75 Å². The molecule has 1 saturated heterocycles. The molecule has 0 unspecified atom stereocenters. The summed E-state index contributed by atoms with van der Waals surface area (Å²) in [5, 5.41) is 2.96. The fraction of sp³-hybridized carbons (Fsp3) is 0.350. The van der Waals surface area contributed by atoms with Crippen molar-refractivity contribution >= 4 is 21.6 Å². The van der Waals surface area contributed by atoms with Gasteiger partial charge in [-0.05, 0) is 55.7 Å². The molecule has 2 aromatic rings. The second kappa shape index (κ2) is 8.10. The average Bonchev–Trinajstić information content (AvgIpc) is 2.70. The van der Waals surface area contributed by atoms with Gasteiger partial charge in [-0.25, -0.2) is 8.42 Å². The highest BCUT2D eigenvalue weighted by molar-refractivity contribution is 7.89. The molecule has 1 N–H and O–H groups in total. The van der Waals surface area contributed by atoms with E-state index in [0.29, 0.717) is 31.7 Å². The summed E-state index contributed by atoms with van der Waals surface area (Å²) in [5.41, 5.74) is 1.81. The van der Waals surface area contributed by atoms with Crippen molar-refractivity contribution in [1.29, 1.82) is 0 Å². The summed E-state index contributed by atoms with van der Waals surface area (Å²) < 4.78 is 32.1.